The summed E-state index contributed by atoms with van der Waals surface area (Å²) in [6, 6.07) is 11.5. The van der Waals surface area contributed by atoms with Gasteiger partial charge in [0.05, 0.1) is 6.54 Å². The molecule has 1 aromatic heterocycles. The van der Waals surface area contributed by atoms with Crippen molar-refractivity contribution in [1.82, 2.24) is 9.55 Å². The van der Waals surface area contributed by atoms with E-state index < -0.39 is 23.0 Å². The number of rotatable bonds is 7. The Morgan fingerprint density at radius 2 is 1.84 bits per heavy atom. The average molecular weight is 424 g/mol. The third-order valence-electron chi connectivity index (χ3n) is 5.18. The molecular formula is C23H25FN4O3. The molecule has 0 saturated carbocycles. The van der Waals surface area contributed by atoms with Crippen LogP contribution in [0.15, 0.2) is 58.3 Å². The van der Waals surface area contributed by atoms with Crippen molar-refractivity contribution in [3.8, 4) is 0 Å². The maximum Gasteiger partial charge on any atom is 0.328 e. The molecule has 0 radical (unpaired) electrons. The van der Waals surface area contributed by atoms with Crippen molar-refractivity contribution < 1.29 is 9.18 Å². The van der Waals surface area contributed by atoms with Crippen LogP contribution in [-0.4, -0.2) is 28.5 Å². The van der Waals surface area contributed by atoms with Gasteiger partial charge in [-0.05, 0) is 50.6 Å². The van der Waals surface area contributed by atoms with Gasteiger partial charge in [0.2, 0.25) is 0 Å². The van der Waals surface area contributed by atoms with Crippen molar-refractivity contribution in [3.05, 3.63) is 92.0 Å². The Bertz CT molecular complexity index is 1210. The minimum absolute atomic E-state index is 0.176. The minimum Gasteiger partial charge on any atom is -0.372 e. The number of anilines is 2. The maximum absolute atomic E-state index is 14.0. The lowest BCUT2D eigenvalue weighted by Crippen LogP contribution is -2.39. The van der Waals surface area contributed by atoms with Gasteiger partial charge in [-0.15, -0.1) is 0 Å². The highest BCUT2D eigenvalue weighted by Gasteiger charge is 2.17. The largest absolute Gasteiger partial charge is 0.372 e. The summed E-state index contributed by atoms with van der Waals surface area (Å²) in [5, 5.41) is 2.72. The van der Waals surface area contributed by atoms with Crippen molar-refractivity contribution >= 4 is 17.3 Å². The van der Waals surface area contributed by atoms with Crippen molar-refractivity contribution in [1.29, 1.82) is 0 Å². The number of nitrogens with zero attached hydrogens (tertiary/aromatic N) is 2. The molecule has 0 aliphatic heterocycles. The summed E-state index contributed by atoms with van der Waals surface area (Å²) in [5.41, 5.74) is 0.878. The van der Waals surface area contributed by atoms with E-state index in [9.17, 15) is 18.8 Å². The summed E-state index contributed by atoms with van der Waals surface area (Å²) in [4.78, 5) is 42.3. The molecule has 3 aromatic rings. The molecule has 1 heterocycles. The maximum atomic E-state index is 14.0. The first-order valence-corrected chi connectivity index (χ1v) is 10.1. The standard InChI is InChI=1S/C23H25FN4O3/c1-4-27(5-2)17-10-11-20(15(3)12-17)26-21(29)18-13-25-23(31)28(22(18)30)14-16-8-6-7-9-19(16)24/h6-13H,4-5,14H2,1-3H3,(H,25,31)(H,26,29). The summed E-state index contributed by atoms with van der Waals surface area (Å²) < 4.78 is 14.8. The van der Waals surface area contributed by atoms with Crippen molar-refractivity contribution in [2.45, 2.75) is 27.3 Å². The molecule has 0 unspecified atom stereocenters. The molecule has 3 rings (SSSR count). The number of carbonyl (C=O) groups is 1. The number of nitrogens with one attached hydrogen (secondary N) is 2. The van der Waals surface area contributed by atoms with Gasteiger partial charge < -0.3 is 15.2 Å². The third-order valence-corrected chi connectivity index (χ3v) is 5.18. The number of benzene rings is 2. The van der Waals surface area contributed by atoms with Crippen LogP contribution >= 0.6 is 0 Å². The predicted octanol–water partition coefficient (Wildman–Crippen LogP) is 3.13. The fraction of sp³-hybridized carbons (Fsp3) is 0.261. The fourth-order valence-corrected chi connectivity index (χ4v) is 3.38. The highest BCUT2D eigenvalue weighted by atomic mass is 19.1. The number of hydrogen-bond donors (Lipinski definition) is 2. The van der Waals surface area contributed by atoms with E-state index in [1.54, 1.807) is 12.1 Å². The van der Waals surface area contributed by atoms with Crippen molar-refractivity contribution in [3.63, 3.8) is 0 Å². The van der Waals surface area contributed by atoms with Gasteiger partial charge in [-0.25, -0.2) is 9.18 Å². The molecule has 2 N–H and O–H groups in total. The van der Waals surface area contributed by atoms with Crippen LogP contribution in [-0.2, 0) is 6.54 Å². The van der Waals surface area contributed by atoms with E-state index in [0.717, 1.165) is 35.1 Å². The molecule has 0 fully saturated rings. The number of aromatic amines is 1. The second kappa shape index (κ2) is 9.42. The SMILES string of the molecule is CCN(CC)c1ccc(NC(=O)c2c[nH]c(=O)n(Cc3ccccc3F)c2=O)c(C)c1. The average Bonchev–Trinajstić information content (AvgIpc) is 2.75. The molecule has 0 bridgehead atoms. The molecule has 0 atom stereocenters. The third kappa shape index (κ3) is 4.74. The highest BCUT2D eigenvalue weighted by Crippen LogP contribution is 2.23. The predicted molar refractivity (Wildman–Crippen MR) is 120 cm³/mol. The van der Waals surface area contributed by atoms with E-state index in [4.69, 9.17) is 0 Å². The first-order chi connectivity index (χ1) is 14.8. The van der Waals surface area contributed by atoms with Gasteiger partial charge in [-0.1, -0.05) is 18.2 Å². The Balaban J connectivity index is 1.88. The Morgan fingerprint density at radius 3 is 2.48 bits per heavy atom. The normalized spacial score (nSPS) is 10.7. The Labute approximate surface area is 179 Å². The molecule has 0 aliphatic rings. The highest BCUT2D eigenvalue weighted by molar-refractivity contribution is 6.04. The number of hydrogen-bond acceptors (Lipinski definition) is 4. The zero-order chi connectivity index (χ0) is 22.5. The molecule has 8 heteroatoms. The topological polar surface area (TPSA) is 87.2 Å². The smallest absolute Gasteiger partial charge is 0.328 e. The summed E-state index contributed by atoms with van der Waals surface area (Å²) in [7, 11) is 0. The number of aryl methyl sites for hydroxylation is 1. The van der Waals surface area contributed by atoms with Gasteiger partial charge in [-0.2, -0.15) is 0 Å². The van der Waals surface area contributed by atoms with Crippen LogP contribution in [0.3, 0.4) is 0 Å². The molecule has 1 amide bonds. The van der Waals surface area contributed by atoms with Crippen LogP contribution in [0.4, 0.5) is 15.8 Å². The number of carbonyl (C=O) groups excluding carboxylic acids is 1. The van der Waals surface area contributed by atoms with Crippen molar-refractivity contribution in [2.75, 3.05) is 23.3 Å². The van der Waals surface area contributed by atoms with E-state index in [-0.39, 0.29) is 17.7 Å². The Morgan fingerprint density at radius 1 is 1.13 bits per heavy atom. The fourth-order valence-electron chi connectivity index (χ4n) is 3.38. The van der Waals surface area contributed by atoms with Gasteiger partial charge in [0.15, 0.2) is 0 Å². The van der Waals surface area contributed by atoms with E-state index in [2.05, 4.69) is 29.0 Å². The zero-order valence-corrected chi connectivity index (χ0v) is 17.7. The van der Waals surface area contributed by atoms with E-state index >= 15 is 0 Å². The molecule has 162 valence electrons. The monoisotopic (exact) mass is 424 g/mol. The van der Waals surface area contributed by atoms with Crippen LogP contribution in [0.25, 0.3) is 0 Å². The van der Waals surface area contributed by atoms with Gasteiger partial charge >= 0.3 is 5.69 Å². The molecule has 0 spiro atoms. The summed E-state index contributed by atoms with van der Waals surface area (Å²) >= 11 is 0. The Kier molecular flexibility index (Phi) is 6.69. The number of amides is 1. The quantitative estimate of drug-likeness (QED) is 0.610. The molecule has 7 nitrogen and oxygen atoms in total. The van der Waals surface area contributed by atoms with Gasteiger partial charge in [-0.3, -0.25) is 14.2 Å². The zero-order valence-electron chi connectivity index (χ0n) is 17.7. The second-order valence-electron chi connectivity index (χ2n) is 7.12. The lowest BCUT2D eigenvalue weighted by Gasteiger charge is -2.22. The number of aromatic nitrogens is 2. The molecular weight excluding hydrogens is 399 g/mol. The second-order valence-corrected chi connectivity index (χ2v) is 7.12. The van der Waals surface area contributed by atoms with Gasteiger partial charge in [0.25, 0.3) is 11.5 Å². The summed E-state index contributed by atoms with van der Waals surface area (Å²) in [5.74, 6) is -1.19. The van der Waals surface area contributed by atoms with Crippen LogP contribution < -0.4 is 21.5 Å². The minimum atomic E-state index is -0.790. The molecule has 0 saturated heterocycles. The number of halogens is 1. The van der Waals surface area contributed by atoms with Crippen molar-refractivity contribution in [2.24, 2.45) is 0 Å². The van der Waals surface area contributed by atoms with Crippen LogP contribution in [0.5, 0.6) is 0 Å². The Hall–Kier alpha value is -3.68. The van der Waals surface area contributed by atoms with Crippen LogP contribution in [0.1, 0.15) is 35.3 Å². The lowest BCUT2D eigenvalue weighted by atomic mass is 10.1. The van der Waals surface area contributed by atoms with E-state index in [1.165, 1.54) is 18.2 Å². The first-order valence-electron chi connectivity index (χ1n) is 10.1. The van der Waals surface area contributed by atoms with E-state index in [1.807, 2.05) is 19.1 Å². The molecule has 2 aromatic carbocycles. The van der Waals surface area contributed by atoms with Crippen LogP contribution in [0.2, 0.25) is 0 Å². The van der Waals surface area contributed by atoms with Crippen LogP contribution in [0, 0.1) is 12.7 Å². The number of H-pyrrole nitrogens is 1. The summed E-state index contributed by atoms with van der Waals surface area (Å²) in [6.07, 6.45) is 1.08. The molecule has 31 heavy (non-hydrogen) atoms. The van der Waals surface area contributed by atoms with E-state index in [0.29, 0.717) is 5.69 Å². The summed E-state index contributed by atoms with van der Waals surface area (Å²) in [6.45, 7) is 7.45. The van der Waals surface area contributed by atoms with Gasteiger partial charge in [0.1, 0.15) is 11.4 Å². The molecule has 0 aliphatic carbocycles. The lowest BCUT2D eigenvalue weighted by molar-refractivity contribution is 0.102. The van der Waals surface area contributed by atoms with Gasteiger partial charge in [0, 0.05) is 36.2 Å². The first kappa shape index (κ1) is 22.0.